The average Bonchev–Trinajstić information content (AvgIpc) is 2.76. The number of amides is 1. The molecule has 1 amide bonds. The Balaban J connectivity index is 1.98. The van der Waals surface area contributed by atoms with Crippen LogP contribution in [-0.2, 0) is 11.2 Å². The molecule has 106 valence electrons. The van der Waals surface area contributed by atoms with Crippen LogP contribution < -0.4 is 4.90 Å². The number of fused-ring (bicyclic) bond motifs is 1. The second kappa shape index (κ2) is 5.01. The van der Waals surface area contributed by atoms with Crippen molar-refractivity contribution in [2.24, 2.45) is 0 Å². The number of hydrogen-bond acceptors (Lipinski definition) is 2. The number of rotatable bonds is 2. The molecular weight excluding hydrogens is 286 g/mol. The average molecular weight is 300 g/mol. The fraction of sp³-hybridized carbons (Fsp3) is 0.176. The lowest BCUT2D eigenvalue weighted by Crippen LogP contribution is -2.20. The SMILES string of the molecule is Cc1ccc(C(=O)c2ccc3c(c2)CC(=O)N3C)cc1Cl. The summed E-state index contributed by atoms with van der Waals surface area (Å²) in [7, 11) is 1.75. The number of nitrogens with zero attached hydrogens (tertiary/aromatic N) is 1. The number of anilines is 1. The standard InChI is InChI=1S/C17H14ClNO2/c1-10-3-4-12(8-14(10)18)17(21)11-5-6-15-13(7-11)9-16(20)19(15)2/h3-8H,9H2,1-2H3. The Morgan fingerprint density at radius 1 is 1.14 bits per heavy atom. The first kappa shape index (κ1) is 13.8. The van der Waals surface area contributed by atoms with Crippen LogP contribution in [-0.4, -0.2) is 18.7 Å². The number of ketones is 1. The van der Waals surface area contributed by atoms with Crippen molar-refractivity contribution in [1.82, 2.24) is 0 Å². The topological polar surface area (TPSA) is 37.4 Å². The van der Waals surface area contributed by atoms with Crippen molar-refractivity contribution in [3.05, 3.63) is 63.7 Å². The van der Waals surface area contributed by atoms with Crippen molar-refractivity contribution in [2.75, 3.05) is 11.9 Å². The molecule has 1 heterocycles. The Morgan fingerprint density at radius 3 is 2.52 bits per heavy atom. The van der Waals surface area contributed by atoms with Gasteiger partial charge in [-0.15, -0.1) is 0 Å². The van der Waals surface area contributed by atoms with E-state index in [1.54, 1.807) is 36.2 Å². The lowest BCUT2D eigenvalue weighted by molar-refractivity contribution is -0.117. The predicted octanol–water partition coefficient (Wildman–Crippen LogP) is 3.40. The minimum absolute atomic E-state index is 0.0491. The molecule has 3 nitrogen and oxygen atoms in total. The van der Waals surface area contributed by atoms with Gasteiger partial charge in [-0.25, -0.2) is 0 Å². The smallest absolute Gasteiger partial charge is 0.231 e. The molecule has 0 bridgehead atoms. The summed E-state index contributed by atoms with van der Waals surface area (Å²) in [4.78, 5) is 25.8. The van der Waals surface area contributed by atoms with Crippen molar-refractivity contribution in [3.8, 4) is 0 Å². The van der Waals surface area contributed by atoms with Gasteiger partial charge in [-0.2, -0.15) is 0 Å². The highest BCUT2D eigenvalue weighted by Gasteiger charge is 2.25. The van der Waals surface area contributed by atoms with Crippen molar-refractivity contribution in [3.63, 3.8) is 0 Å². The van der Waals surface area contributed by atoms with Crippen LogP contribution in [0.25, 0.3) is 0 Å². The zero-order valence-corrected chi connectivity index (χ0v) is 12.6. The fourth-order valence-corrected chi connectivity index (χ4v) is 2.69. The normalized spacial score (nSPS) is 13.5. The molecule has 1 aliphatic rings. The second-order valence-corrected chi connectivity index (χ2v) is 5.67. The largest absolute Gasteiger partial charge is 0.315 e. The summed E-state index contributed by atoms with van der Waals surface area (Å²) in [6.07, 6.45) is 0.349. The molecule has 1 aliphatic heterocycles. The van der Waals surface area contributed by atoms with Crippen molar-refractivity contribution in [1.29, 1.82) is 0 Å². The number of carbonyl (C=O) groups is 2. The maximum absolute atomic E-state index is 12.5. The second-order valence-electron chi connectivity index (χ2n) is 5.27. The maximum Gasteiger partial charge on any atom is 0.231 e. The highest BCUT2D eigenvalue weighted by atomic mass is 35.5. The van der Waals surface area contributed by atoms with Crippen molar-refractivity contribution >= 4 is 29.0 Å². The van der Waals surface area contributed by atoms with Gasteiger partial charge in [0.25, 0.3) is 0 Å². The van der Waals surface area contributed by atoms with E-state index in [2.05, 4.69) is 0 Å². The maximum atomic E-state index is 12.5. The first-order chi connectivity index (χ1) is 9.97. The number of carbonyl (C=O) groups excluding carboxylic acids is 2. The Hall–Kier alpha value is -2.13. The summed E-state index contributed by atoms with van der Waals surface area (Å²) in [6.45, 7) is 1.90. The molecule has 3 rings (SSSR count). The Bertz CT molecular complexity index is 767. The van der Waals surface area contributed by atoms with Crippen LogP contribution in [0.15, 0.2) is 36.4 Å². The van der Waals surface area contributed by atoms with Crippen LogP contribution in [0.4, 0.5) is 5.69 Å². The molecule has 0 N–H and O–H groups in total. The van der Waals surface area contributed by atoms with Gasteiger partial charge in [-0.3, -0.25) is 9.59 Å². The molecule has 4 heteroatoms. The third-order valence-corrected chi connectivity index (χ3v) is 4.26. The van der Waals surface area contributed by atoms with E-state index in [0.717, 1.165) is 16.8 Å². The minimum atomic E-state index is -0.0818. The van der Waals surface area contributed by atoms with Crippen LogP contribution in [0, 0.1) is 6.92 Å². The first-order valence-electron chi connectivity index (χ1n) is 6.67. The van der Waals surface area contributed by atoms with Gasteiger partial charge in [-0.05, 0) is 42.3 Å². The van der Waals surface area contributed by atoms with E-state index in [9.17, 15) is 9.59 Å². The highest BCUT2D eigenvalue weighted by molar-refractivity contribution is 6.31. The summed E-state index contributed by atoms with van der Waals surface area (Å²) in [5, 5.41) is 0.580. The molecule has 0 saturated heterocycles. The zero-order chi connectivity index (χ0) is 15.1. The van der Waals surface area contributed by atoms with Gasteiger partial charge in [0, 0.05) is 28.9 Å². The Kier molecular flexibility index (Phi) is 3.30. The molecule has 0 atom stereocenters. The molecular formula is C17H14ClNO2. The van der Waals surface area contributed by atoms with Crippen LogP contribution in [0.3, 0.4) is 0 Å². The van der Waals surface area contributed by atoms with Gasteiger partial charge in [0.1, 0.15) is 0 Å². The van der Waals surface area contributed by atoms with E-state index in [1.165, 1.54) is 0 Å². The molecule has 2 aromatic carbocycles. The van der Waals surface area contributed by atoms with Gasteiger partial charge in [0.2, 0.25) is 5.91 Å². The van der Waals surface area contributed by atoms with E-state index >= 15 is 0 Å². The van der Waals surface area contributed by atoms with E-state index in [1.807, 2.05) is 19.1 Å². The number of hydrogen-bond donors (Lipinski definition) is 0. The first-order valence-corrected chi connectivity index (χ1v) is 7.05. The van der Waals surface area contributed by atoms with Gasteiger partial charge < -0.3 is 4.90 Å². The lowest BCUT2D eigenvalue weighted by Gasteiger charge is -2.10. The molecule has 0 aromatic heterocycles. The number of aryl methyl sites for hydroxylation is 1. The lowest BCUT2D eigenvalue weighted by atomic mass is 9.99. The Morgan fingerprint density at radius 2 is 1.81 bits per heavy atom. The number of halogens is 1. The minimum Gasteiger partial charge on any atom is -0.315 e. The van der Waals surface area contributed by atoms with E-state index in [4.69, 9.17) is 11.6 Å². The molecule has 2 aromatic rings. The van der Waals surface area contributed by atoms with Gasteiger partial charge in [-0.1, -0.05) is 23.7 Å². The van der Waals surface area contributed by atoms with Crippen LogP contribution >= 0.6 is 11.6 Å². The quantitative estimate of drug-likeness (QED) is 0.797. The molecule has 0 spiro atoms. The highest BCUT2D eigenvalue weighted by Crippen LogP contribution is 2.29. The van der Waals surface area contributed by atoms with Gasteiger partial charge >= 0.3 is 0 Å². The third kappa shape index (κ3) is 2.34. The van der Waals surface area contributed by atoms with Crippen molar-refractivity contribution < 1.29 is 9.59 Å². The van der Waals surface area contributed by atoms with Crippen LogP contribution in [0.5, 0.6) is 0 Å². The third-order valence-electron chi connectivity index (χ3n) is 3.85. The Labute approximate surface area is 128 Å². The van der Waals surface area contributed by atoms with E-state index < -0.39 is 0 Å². The van der Waals surface area contributed by atoms with Crippen LogP contribution in [0.2, 0.25) is 5.02 Å². The van der Waals surface area contributed by atoms with Crippen LogP contribution in [0.1, 0.15) is 27.0 Å². The molecule has 0 unspecified atom stereocenters. The number of likely N-dealkylation sites (N-methyl/N-ethyl adjacent to an activating group) is 1. The zero-order valence-electron chi connectivity index (χ0n) is 11.8. The van der Waals surface area contributed by atoms with E-state index in [0.29, 0.717) is 22.6 Å². The van der Waals surface area contributed by atoms with Gasteiger partial charge in [0.15, 0.2) is 5.78 Å². The number of benzene rings is 2. The van der Waals surface area contributed by atoms with Crippen molar-refractivity contribution in [2.45, 2.75) is 13.3 Å². The molecule has 0 aliphatic carbocycles. The monoisotopic (exact) mass is 299 g/mol. The summed E-state index contributed by atoms with van der Waals surface area (Å²) in [5.41, 5.74) is 3.85. The molecule has 0 fully saturated rings. The summed E-state index contributed by atoms with van der Waals surface area (Å²) in [5.74, 6) is -0.0327. The predicted molar refractivity (Wildman–Crippen MR) is 83.2 cm³/mol. The van der Waals surface area contributed by atoms with Gasteiger partial charge in [0.05, 0.1) is 6.42 Å². The summed E-state index contributed by atoms with van der Waals surface area (Å²) < 4.78 is 0. The van der Waals surface area contributed by atoms with E-state index in [-0.39, 0.29) is 11.7 Å². The fourth-order valence-electron chi connectivity index (χ4n) is 2.51. The molecule has 21 heavy (non-hydrogen) atoms. The summed E-state index contributed by atoms with van der Waals surface area (Å²) in [6, 6.07) is 10.7. The summed E-state index contributed by atoms with van der Waals surface area (Å²) >= 11 is 6.07. The molecule has 0 saturated carbocycles. The molecule has 0 radical (unpaired) electrons.